The van der Waals surface area contributed by atoms with Crippen LogP contribution in [0.25, 0.3) is 0 Å². The second-order valence-electron chi connectivity index (χ2n) is 7.60. The summed E-state index contributed by atoms with van der Waals surface area (Å²) in [5, 5.41) is 14.5. The third-order valence-electron chi connectivity index (χ3n) is 4.21. The van der Waals surface area contributed by atoms with Crippen LogP contribution in [0.2, 0.25) is 0 Å². The van der Waals surface area contributed by atoms with Crippen LogP contribution in [0.3, 0.4) is 0 Å². The number of nitro groups is 1. The number of amides is 1. The third-order valence-corrected chi connectivity index (χ3v) is 4.21. The highest BCUT2D eigenvalue weighted by molar-refractivity contribution is 5.91. The molecule has 0 radical (unpaired) electrons. The standard InChI is InChI=1S/C19H27N3O6/c1-5-27-17(23)13-6-7-16(22(25)26)15(12-13)20-14-8-10-21(11-9-14)18(24)28-19(2,3)4/h6-7,12,14,20H,5,8-11H2,1-4H3. The molecular weight excluding hydrogens is 366 g/mol. The third kappa shape index (κ3) is 5.83. The minimum Gasteiger partial charge on any atom is -0.462 e. The van der Waals surface area contributed by atoms with Crippen molar-refractivity contribution >= 4 is 23.4 Å². The number of nitrogens with one attached hydrogen (secondary N) is 1. The molecule has 0 spiro atoms. The summed E-state index contributed by atoms with van der Waals surface area (Å²) in [6.07, 6.45) is 0.862. The van der Waals surface area contributed by atoms with Crippen LogP contribution < -0.4 is 5.32 Å². The Morgan fingerprint density at radius 2 is 1.93 bits per heavy atom. The maximum Gasteiger partial charge on any atom is 0.410 e. The number of nitrogens with zero attached hydrogens (tertiary/aromatic N) is 2. The van der Waals surface area contributed by atoms with Gasteiger partial charge in [0, 0.05) is 25.2 Å². The maximum atomic E-state index is 12.1. The normalized spacial score (nSPS) is 15.1. The lowest BCUT2D eigenvalue weighted by atomic mass is 10.0. The van der Waals surface area contributed by atoms with Crippen molar-refractivity contribution in [1.82, 2.24) is 4.90 Å². The van der Waals surface area contributed by atoms with Gasteiger partial charge in [-0.3, -0.25) is 10.1 Å². The van der Waals surface area contributed by atoms with Gasteiger partial charge in [0.15, 0.2) is 0 Å². The first kappa shape index (κ1) is 21.5. The summed E-state index contributed by atoms with van der Waals surface area (Å²) in [6.45, 7) is 8.33. The SMILES string of the molecule is CCOC(=O)c1ccc([N+](=O)[O-])c(NC2CCN(C(=O)OC(C)(C)C)CC2)c1. The van der Waals surface area contributed by atoms with E-state index >= 15 is 0 Å². The number of benzene rings is 1. The zero-order chi connectivity index (χ0) is 20.9. The number of likely N-dealkylation sites (tertiary alicyclic amines) is 1. The number of piperidine rings is 1. The summed E-state index contributed by atoms with van der Waals surface area (Å²) in [5.41, 5.74) is -0.143. The number of hydrogen-bond donors (Lipinski definition) is 1. The molecule has 0 bridgehead atoms. The van der Waals surface area contributed by atoms with Gasteiger partial charge in [-0.2, -0.15) is 0 Å². The minimum absolute atomic E-state index is 0.0603. The van der Waals surface area contributed by atoms with Crippen molar-refractivity contribution in [3.63, 3.8) is 0 Å². The number of anilines is 1. The molecule has 154 valence electrons. The first-order chi connectivity index (χ1) is 13.1. The lowest BCUT2D eigenvalue weighted by molar-refractivity contribution is -0.384. The molecule has 1 aromatic rings. The molecule has 1 heterocycles. The topological polar surface area (TPSA) is 111 Å². The van der Waals surface area contributed by atoms with Gasteiger partial charge in [0.25, 0.3) is 5.69 Å². The number of carbonyl (C=O) groups excluding carboxylic acids is 2. The zero-order valence-corrected chi connectivity index (χ0v) is 16.7. The zero-order valence-electron chi connectivity index (χ0n) is 16.7. The lowest BCUT2D eigenvalue weighted by Crippen LogP contribution is -2.44. The summed E-state index contributed by atoms with van der Waals surface area (Å²) in [7, 11) is 0. The average molecular weight is 393 g/mol. The Morgan fingerprint density at radius 3 is 2.46 bits per heavy atom. The largest absolute Gasteiger partial charge is 0.462 e. The van der Waals surface area contributed by atoms with E-state index < -0.39 is 16.5 Å². The monoisotopic (exact) mass is 393 g/mol. The summed E-state index contributed by atoms with van der Waals surface area (Å²) in [5.74, 6) is -0.528. The molecule has 0 atom stereocenters. The summed E-state index contributed by atoms with van der Waals surface area (Å²) in [4.78, 5) is 36.5. The Bertz CT molecular complexity index is 736. The maximum absolute atomic E-state index is 12.1. The van der Waals surface area contributed by atoms with E-state index in [1.807, 2.05) is 20.8 Å². The number of ether oxygens (including phenoxy) is 2. The summed E-state index contributed by atoms with van der Waals surface area (Å²) < 4.78 is 10.3. The fourth-order valence-electron chi connectivity index (χ4n) is 2.91. The molecule has 1 fully saturated rings. The van der Waals surface area contributed by atoms with Gasteiger partial charge in [-0.15, -0.1) is 0 Å². The van der Waals surface area contributed by atoms with E-state index in [4.69, 9.17) is 9.47 Å². The molecule has 0 aliphatic carbocycles. The van der Waals surface area contributed by atoms with Gasteiger partial charge in [-0.1, -0.05) is 0 Å². The first-order valence-electron chi connectivity index (χ1n) is 9.30. The van der Waals surface area contributed by atoms with Gasteiger partial charge in [0.1, 0.15) is 11.3 Å². The van der Waals surface area contributed by atoms with E-state index in [1.54, 1.807) is 11.8 Å². The van der Waals surface area contributed by atoms with Gasteiger partial charge in [0.05, 0.1) is 17.1 Å². The van der Waals surface area contributed by atoms with Crippen LogP contribution in [-0.4, -0.2) is 53.2 Å². The number of hydrogen-bond acceptors (Lipinski definition) is 7. The molecule has 0 aromatic heterocycles. The van der Waals surface area contributed by atoms with Crippen molar-refractivity contribution in [1.29, 1.82) is 0 Å². The highest BCUT2D eigenvalue weighted by Crippen LogP contribution is 2.28. The molecule has 1 aromatic carbocycles. The van der Waals surface area contributed by atoms with Crippen molar-refractivity contribution in [3.05, 3.63) is 33.9 Å². The Hall–Kier alpha value is -2.84. The molecule has 9 heteroatoms. The number of nitro benzene ring substituents is 1. The molecule has 0 unspecified atom stereocenters. The van der Waals surface area contributed by atoms with Crippen molar-refractivity contribution < 1.29 is 24.0 Å². The van der Waals surface area contributed by atoms with Gasteiger partial charge < -0.3 is 19.7 Å². The first-order valence-corrected chi connectivity index (χ1v) is 9.30. The highest BCUT2D eigenvalue weighted by Gasteiger charge is 2.28. The molecule has 1 aliphatic heterocycles. The predicted octanol–water partition coefficient (Wildman–Crippen LogP) is 3.58. The van der Waals surface area contributed by atoms with Crippen LogP contribution in [0.4, 0.5) is 16.2 Å². The van der Waals surface area contributed by atoms with E-state index in [9.17, 15) is 19.7 Å². The van der Waals surface area contributed by atoms with E-state index in [0.29, 0.717) is 25.9 Å². The Kier molecular flexibility index (Phi) is 6.82. The molecule has 1 aliphatic rings. The predicted molar refractivity (Wildman–Crippen MR) is 104 cm³/mol. The Labute approximate surface area is 164 Å². The van der Waals surface area contributed by atoms with Crippen LogP contribution >= 0.6 is 0 Å². The number of carbonyl (C=O) groups is 2. The van der Waals surface area contributed by atoms with Crippen LogP contribution in [0.1, 0.15) is 50.9 Å². The minimum atomic E-state index is -0.555. The van der Waals surface area contributed by atoms with Crippen LogP contribution in [0.15, 0.2) is 18.2 Å². The fourth-order valence-corrected chi connectivity index (χ4v) is 2.91. The van der Waals surface area contributed by atoms with E-state index in [-0.39, 0.29) is 35.7 Å². The molecule has 9 nitrogen and oxygen atoms in total. The molecular formula is C19H27N3O6. The Balaban J connectivity index is 2.05. The summed E-state index contributed by atoms with van der Waals surface area (Å²) in [6, 6.07) is 4.06. The van der Waals surface area contributed by atoms with E-state index in [0.717, 1.165) is 0 Å². The number of esters is 1. The Morgan fingerprint density at radius 1 is 1.29 bits per heavy atom. The molecule has 1 saturated heterocycles. The second-order valence-corrected chi connectivity index (χ2v) is 7.60. The van der Waals surface area contributed by atoms with Gasteiger partial charge >= 0.3 is 12.1 Å². The highest BCUT2D eigenvalue weighted by atomic mass is 16.6. The van der Waals surface area contributed by atoms with Gasteiger partial charge in [0.2, 0.25) is 0 Å². The van der Waals surface area contributed by atoms with Crippen LogP contribution in [0.5, 0.6) is 0 Å². The van der Waals surface area contributed by atoms with Crippen LogP contribution in [0, 0.1) is 10.1 Å². The molecule has 2 rings (SSSR count). The summed E-state index contributed by atoms with van der Waals surface area (Å²) >= 11 is 0. The van der Waals surface area contributed by atoms with Gasteiger partial charge in [-0.05, 0) is 52.7 Å². The number of rotatable bonds is 5. The molecule has 1 N–H and O–H groups in total. The van der Waals surface area contributed by atoms with E-state index in [1.165, 1.54) is 18.2 Å². The molecule has 28 heavy (non-hydrogen) atoms. The van der Waals surface area contributed by atoms with E-state index in [2.05, 4.69) is 5.32 Å². The van der Waals surface area contributed by atoms with Crippen molar-refractivity contribution in [2.45, 2.75) is 52.2 Å². The second kappa shape index (κ2) is 8.90. The van der Waals surface area contributed by atoms with Gasteiger partial charge in [-0.25, -0.2) is 9.59 Å². The lowest BCUT2D eigenvalue weighted by Gasteiger charge is -2.34. The van der Waals surface area contributed by atoms with Crippen molar-refractivity contribution in [2.75, 3.05) is 25.0 Å². The molecule has 0 saturated carbocycles. The fraction of sp³-hybridized carbons (Fsp3) is 0.579. The van der Waals surface area contributed by atoms with Crippen LogP contribution in [-0.2, 0) is 9.47 Å². The average Bonchev–Trinajstić information content (AvgIpc) is 2.60. The molecule has 1 amide bonds. The van der Waals surface area contributed by atoms with Crippen molar-refractivity contribution in [3.8, 4) is 0 Å². The van der Waals surface area contributed by atoms with Crippen molar-refractivity contribution in [2.24, 2.45) is 0 Å². The quantitative estimate of drug-likeness (QED) is 0.462. The smallest absolute Gasteiger partial charge is 0.410 e.